The Kier molecular flexibility index (Phi) is 18.6. The van der Waals surface area contributed by atoms with Gasteiger partial charge in [0.15, 0.2) is 11.6 Å². The van der Waals surface area contributed by atoms with Gasteiger partial charge in [-0.25, -0.2) is 0 Å². The van der Waals surface area contributed by atoms with Gasteiger partial charge in [-0.2, -0.15) is 0 Å². The first-order valence-corrected chi connectivity index (χ1v) is 20.9. The molecule has 3 unspecified atom stereocenters. The molecule has 1 spiro atoms. The van der Waals surface area contributed by atoms with Crippen LogP contribution in [-0.2, 0) is 36.2 Å². The third kappa shape index (κ3) is 11.8. The number of aliphatic hydroxyl groups excluding tert-OH is 7. The molecule has 1 aromatic rings. The zero-order valence-corrected chi connectivity index (χ0v) is 34.9. The fourth-order valence-corrected chi connectivity index (χ4v) is 7.86. The third-order valence-corrected chi connectivity index (χ3v) is 11.7. The van der Waals surface area contributed by atoms with Crippen LogP contribution in [0.25, 0.3) is 0 Å². The van der Waals surface area contributed by atoms with Crippen molar-refractivity contribution in [1.29, 1.82) is 0 Å². The Morgan fingerprint density at radius 3 is 2.22 bits per heavy atom. The molecule has 3 aliphatic rings. The number of benzene rings is 1. The number of ether oxygens (including phenoxy) is 3. The summed E-state index contributed by atoms with van der Waals surface area (Å²) in [5.74, 6) is -7.15. The maximum absolute atomic E-state index is 14.3. The minimum absolute atomic E-state index is 0.0924. The zero-order valence-electron chi connectivity index (χ0n) is 34.9. The highest BCUT2D eigenvalue weighted by Crippen LogP contribution is 2.54. The molecule has 0 radical (unpaired) electrons. The Morgan fingerprint density at radius 2 is 1.53 bits per heavy atom. The second-order valence-electron chi connectivity index (χ2n) is 16.0. The molecule has 2 saturated heterocycles. The van der Waals surface area contributed by atoms with Gasteiger partial charge in [-0.3, -0.25) is 9.59 Å². The molecule has 60 heavy (non-hydrogen) atoms. The number of aromatic hydroxyl groups is 2. The summed E-state index contributed by atoms with van der Waals surface area (Å²) in [6, 6.07) is 2.29. The number of phenols is 2. The molecule has 3 heterocycles. The molecule has 2 fully saturated rings. The lowest BCUT2D eigenvalue weighted by Gasteiger charge is -2.53. The number of aliphatic hydroxyl groups is 7. The van der Waals surface area contributed by atoms with Gasteiger partial charge < -0.3 is 60.2 Å². The number of carbonyl (C=O) groups excluding carboxylic acids is 2. The SMILES string of the molecule is CCC(C)CC/C=C/C=C(\C)C(O)C/C=C/C=C/C(=O)[C@H]1[C@H]([C@@H]2O[C@H](C(=O)/C=C/C=C\CCC(O)CC)[C@H](O)[C@H](O)[C@H]2O)[C@@H](CO)O[C@]2(OCc3cc(O)cc(O)c32)[C@@H]1O. The summed E-state index contributed by atoms with van der Waals surface area (Å²) >= 11 is 0. The lowest BCUT2D eigenvalue weighted by Crippen LogP contribution is -2.68. The summed E-state index contributed by atoms with van der Waals surface area (Å²) in [5.41, 5.74) is 0.883. The molecular weight excluding hydrogens is 776 g/mol. The van der Waals surface area contributed by atoms with Gasteiger partial charge in [0.1, 0.15) is 42.0 Å². The summed E-state index contributed by atoms with van der Waals surface area (Å²) < 4.78 is 18.2. The van der Waals surface area contributed by atoms with Crippen LogP contribution in [0.3, 0.4) is 0 Å². The molecule has 0 aromatic heterocycles. The van der Waals surface area contributed by atoms with Gasteiger partial charge in [-0.1, -0.05) is 81.9 Å². The highest BCUT2D eigenvalue weighted by atomic mass is 16.7. The molecule has 0 bridgehead atoms. The average molecular weight is 841 g/mol. The molecule has 0 amide bonds. The summed E-state index contributed by atoms with van der Waals surface area (Å²) in [6.45, 7) is 6.90. The molecule has 9 N–H and O–H groups in total. The molecule has 0 aliphatic carbocycles. The molecule has 4 rings (SSSR count). The van der Waals surface area contributed by atoms with Crippen LogP contribution in [0.5, 0.6) is 11.5 Å². The van der Waals surface area contributed by atoms with Crippen molar-refractivity contribution in [3.05, 3.63) is 95.7 Å². The molecule has 0 saturated carbocycles. The largest absolute Gasteiger partial charge is 0.508 e. The molecule has 332 valence electrons. The minimum Gasteiger partial charge on any atom is -0.508 e. The van der Waals surface area contributed by atoms with Crippen LogP contribution in [0.2, 0.25) is 0 Å². The first kappa shape index (κ1) is 48.9. The number of ketones is 2. The molecule has 13 atom stereocenters. The van der Waals surface area contributed by atoms with Gasteiger partial charge >= 0.3 is 0 Å². The zero-order chi connectivity index (χ0) is 44.1. The summed E-state index contributed by atoms with van der Waals surface area (Å²) in [7, 11) is 0. The lowest BCUT2D eigenvalue weighted by molar-refractivity contribution is -0.365. The van der Waals surface area contributed by atoms with E-state index in [4.69, 9.17) is 14.2 Å². The van der Waals surface area contributed by atoms with E-state index in [9.17, 15) is 55.5 Å². The van der Waals surface area contributed by atoms with E-state index >= 15 is 0 Å². The van der Waals surface area contributed by atoms with Crippen LogP contribution in [0, 0.1) is 17.8 Å². The number of carbonyl (C=O) groups is 2. The number of hydrogen-bond donors (Lipinski definition) is 9. The number of fused-ring (bicyclic) bond motifs is 2. The van der Waals surface area contributed by atoms with E-state index in [1.54, 1.807) is 18.2 Å². The fourth-order valence-electron chi connectivity index (χ4n) is 7.86. The van der Waals surface area contributed by atoms with E-state index in [0.717, 1.165) is 43.1 Å². The first-order valence-electron chi connectivity index (χ1n) is 20.9. The van der Waals surface area contributed by atoms with Crippen LogP contribution in [0.15, 0.2) is 84.5 Å². The van der Waals surface area contributed by atoms with Gasteiger partial charge in [0.25, 0.3) is 0 Å². The van der Waals surface area contributed by atoms with E-state index in [2.05, 4.69) is 19.9 Å². The number of phenolic OH excluding ortho intramolecular Hbond substituents is 2. The number of rotatable bonds is 20. The highest BCUT2D eigenvalue weighted by Gasteiger charge is 2.64. The van der Waals surface area contributed by atoms with Crippen molar-refractivity contribution in [2.75, 3.05) is 6.61 Å². The molecular formula is C46H64O14. The second kappa shape index (κ2) is 22.9. The van der Waals surface area contributed by atoms with Crippen molar-refractivity contribution in [3.63, 3.8) is 0 Å². The Balaban J connectivity index is 1.62. The topological polar surface area (TPSA) is 244 Å². The van der Waals surface area contributed by atoms with Gasteiger partial charge in [-0.15, -0.1) is 0 Å². The fraction of sp³-hybridized carbons (Fsp3) is 0.565. The maximum Gasteiger partial charge on any atom is 0.227 e. The molecule has 14 nitrogen and oxygen atoms in total. The van der Waals surface area contributed by atoms with Crippen molar-refractivity contribution in [2.24, 2.45) is 17.8 Å². The summed E-state index contributed by atoms with van der Waals surface area (Å²) in [6.07, 6.45) is 8.35. The Labute approximate surface area is 352 Å². The number of hydrogen-bond acceptors (Lipinski definition) is 14. The minimum atomic E-state index is -2.26. The van der Waals surface area contributed by atoms with Crippen molar-refractivity contribution < 1.29 is 69.8 Å². The van der Waals surface area contributed by atoms with E-state index in [0.29, 0.717) is 25.2 Å². The Bertz CT molecular complexity index is 1760. The first-order chi connectivity index (χ1) is 28.6. The summed E-state index contributed by atoms with van der Waals surface area (Å²) in [4.78, 5) is 27.7. The van der Waals surface area contributed by atoms with Gasteiger partial charge in [0, 0.05) is 12.0 Å². The van der Waals surface area contributed by atoms with Crippen molar-refractivity contribution in [1.82, 2.24) is 0 Å². The van der Waals surface area contributed by atoms with Crippen LogP contribution in [0.1, 0.15) is 83.8 Å². The predicted molar refractivity (Wildman–Crippen MR) is 222 cm³/mol. The number of allylic oxidation sites excluding steroid dienone is 9. The van der Waals surface area contributed by atoms with Crippen LogP contribution in [0.4, 0.5) is 0 Å². The Hall–Kier alpha value is -3.80. The van der Waals surface area contributed by atoms with Crippen LogP contribution < -0.4 is 0 Å². The van der Waals surface area contributed by atoms with E-state index in [1.165, 1.54) is 24.3 Å². The van der Waals surface area contributed by atoms with Crippen molar-refractivity contribution in [3.8, 4) is 11.5 Å². The quantitative estimate of drug-likeness (QED) is 0.0673. The molecule has 3 aliphatic heterocycles. The van der Waals surface area contributed by atoms with Crippen LogP contribution in [-0.4, -0.2) is 119 Å². The average Bonchev–Trinajstić information content (AvgIpc) is 3.59. The molecule has 14 heteroatoms. The standard InChI is InChI=1S/C46H64O14/c1-5-27(3)17-11-9-12-18-28(4)32(50)20-15-10-16-21-33(51)37-38(36(25-47)60-46(45(37)57)39-29(26-58-46)23-31(49)24-35(39)53)44-42(56)40(54)41(55)43(59-44)34(52)22-14-8-7-13-19-30(48)6-2/h7-10,12,14-16,18,21-24,27,30,32,36-38,40-45,47-50,53-57H,5-6,11,13,17,19-20,25-26H2,1-4H3/b8-7-,12-9+,15-10+,21-16+,22-14+,28-18+/t27?,30?,32?,36-,37+,38-,40+,41-,42-,43-,44+,45-,46+/m1/s1. The smallest absolute Gasteiger partial charge is 0.227 e. The molecule has 1 aromatic carbocycles. The van der Waals surface area contributed by atoms with Crippen molar-refractivity contribution in [2.45, 2.75) is 140 Å². The van der Waals surface area contributed by atoms with Crippen molar-refractivity contribution >= 4 is 11.6 Å². The Morgan fingerprint density at radius 1 is 0.867 bits per heavy atom. The van der Waals surface area contributed by atoms with E-state index < -0.39 is 96.5 Å². The van der Waals surface area contributed by atoms with Crippen LogP contribution >= 0.6 is 0 Å². The van der Waals surface area contributed by atoms with E-state index in [-0.39, 0.29) is 29.9 Å². The van der Waals surface area contributed by atoms with Gasteiger partial charge in [0.2, 0.25) is 5.79 Å². The second-order valence-corrected chi connectivity index (χ2v) is 16.0. The normalized spacial score (nSPS) is 31.6. The lowest BCUT2D eigenvalue weighted by atomic mass is 9.69. The summed E-state index contributed by atoms with van der Waals surface area (Å²) in [5, 5.41) is 97.8. The van der Waals surface area contributed by atoms with Gasteiger partial charge in [0.05, 0.1) is 49.1 Å². The third-order valence-electron chi connectivity index (χ3n) is 11.7. The van der Waals surface area contributed by atoms with E-state index in [1.807, 2.05) is 26.0 Å². The maximum atomic E-state index is 14.3. The highest BCUT2D eigenvalue weighted by molar-refractivity contribution is 5.95. The predicted octanol–water partition coefficient (Wildman–Crippen LogP) is 3.61. The monoisotopic (exact) mass is 840 g/mol. The van der Waals surface area contributed by atoms with Gasteiger partial charge in [-0.05, 0) is 80.7 Å².